The van der Waals surface area contributed by atoms with Gasteiger partial charge in [-0.3, -0.25) is 0 Å². The van der Waals surface area contributed by atoms with Crippen molar-refractivity contribution in [2.75, 3.05) is 11.5 Å². The molecule has 4 heteroatoms. The molecule has 0 amide bonds. The van der Waals surface area contributed by atoms with Crippen LogP contribution in [0.25, 0.3) is 11.1 Å². The van der Waals surface area contributed by atoms with E-state index in [0.29, 0.717) is 11.3 Å². The molecule has 2 aromatic rings. The molecule has 0 unspecified atom stereocenters. The van der Waals surface area contributed by atoms with Gasteiger partial charge in [-0.25, -0.2) is 8.78 Å². The molecule has 0 radical (unpaired) electrons. The highest BCUT2D eigenvalue weighted by Gasteiger charge is 2.09. The molecule has 0 bridgehead atoms. The van der Waals surface area contributed by atoms with Crippen LogP contribution in [0.5, 0.6) is 0 Å². The van der Waals surface area contributed by atoms with E-state index in [-0.39, 0.29) is 11.3 Å². The Bertz CT molecular complexity index is 521. The molecule has 0 heterocycles. The third kappa shape index (κ3) is 1.82. The number of halogens is 2. The monoisotopic (exact) mass is 220 g/mol. The number of hydrogen-bond acceptors (Lipinski definition) is 2. The van der Waals surface area contributed by atoms with Gasteiger partial charge in [-0.2, -0.15) is 0 Å². The van der Waals surface area contributed by atoms with Crippen LogP contribution in [0.2, 0.25) is 0 Å². The average molecular weight is 220 g/mol. The smallest absolute Gasteiger partial charge is 0.146 e. The fraction of sp³-hybridized carbons (Fsp3) is 0. The Morgan fingerprint density at radius 1 is 0.812 bits per heavy atom. The topological polar surface area (TPSA) is 52.0 Å². The Morgan fingerprint density at radius 2 is 1.44 bits per heavy atom. The predicted molar refractivity (Wildman–Crippen MR) is 60.6 cm³/mol. The summed E-state index contributed by atoms with van der Waals surface area (Å²) in [6.45, 7) is 0. The van der Waals surface area contributed by atoms with Gasteiger partial charge in [0.05, 0.1) is 5.69 Å². The Labute approximate surface area is 91.5 Å². The molecule has 4 N–H and O–H groups in total. The highest BCUT2D eigenvalue weighted by atomic mass is 19.1. The van der Waals surface area contributed by atoms with Crippen molar-refractivity contribution in [1.29, 1.82) is 0 Å². The van der Waals surface area contributed by atoms with Crippen LogP contribution in [-0.4, -0.2) is 0 Å². The van der Waals surface area contributed by atoms with Crippen molar-refractivity contribution < 1.29 is 8.78 Å². The van der Waals surface area contributed by atoms with Crippen LogP contribution >= 0.6 is 0 Å². The molecule has 0 aliphatic carbocycles. The fourth-order valence-electron chi connectivity index (χ4n) is 1.45. The summed E-state index contributed by atoms with van der Waals surface area (Å²) in [6, 6.07) is 8.57. The number of hydrogen-bond donors (Lipinski definition) is 2. The van der Waals surface area contributed by atoms with Crippen LogP contribution in [0.3, 0.4) is 0 Å². The third-order valence-corrected chi connectivity index (χ3v) is 2.31. The minimum atomic E-state index is -0.631. The standard InChI is InChI=1S/C12H10F2N2/c13-10-6-12(16)11(14)5-9(10)7-1-3-8(15)4-2-7/h1-6H,15-16H2. The predicted octanol–water partition coefficient (Wildman–Crippen LogP) is 2.80. The molecule has 0 fully saturated rings. The quantitative estimate of drug-likeness (QED) is 0.726. The SMILES string of the molecule is Nc1ccc(-c2cc(F)c(N)cc2F)cc1. The summed E-state index contributed by atoms with van der Waals surface area (Å²) in [6.07, 6.45) is 0. The van der Waals surface area contributed by atoms with Gasteiger partial charge in [0.15, 0.2) is 0 Å². The lowest BCUT2D eigenvalue weighted by Crippen LogP contribution is -1.94. The van der Waals surface area contributed by atoms with Gasteiger partial charge in [-0.05, 0) is 23.8 Å². The lowest BCUT2D eigenvalue weighted by molar-refractivity contribution is 0.607. The second-order valence-corrected chi connectivity index (χ2v) is 3.48. The molecule has 0 aromatic heterocycles. The van der Waals surface area contributed by atoms with E-state index >= 15 is 0 Å². The van der Waals surface area contributed by atoms with Gasteiger partial charge in [0.1, 0.15) is 11.6 Å². The van der Waals surface area contributed by atoms with Crippen LogP contribution in [0, 0.1) is 11.6 Å². The number of benzene rings is 2. The van der Waals surface area contributed by atoms with Gasteiger partial charge >= 0.3 is 0 Å². The van der Waals surface area contributed by atoms with Crippen LogP contribution in [0.1, 0.15) is 0 Å². The lowest BCUT2D eigenvalue weighted by Gasteiger charge is -2.06. The van der Waals surface area contributed by atoms with E-state index in [1.165, 1.54) is 0 Å². The minimum Gasteiger partial charge on any atom is -0.399 e. The maximum Gasteiger partial charge on any atom is 0.146 e. The van der Waals surface area contributed by atoms with E-state index in [0.717, 1.165) is 12.1 Å². The molecule has 2 nitrogen and oxygen atoms in total. The van der Waals surface area contributed by atoms with Crippen LogP contribution in [0.4, 0.5) is 20.2 Å². The van der Waals surface area contributed by atoms with Crippen molar-refractivity contribution in [3.63, 3.8) is 0 Å². The van der Waals surface area contributed by atoms with Crippen LogP contribution < -0.4 is 11.5 Å². The summed E-state index contributed by atoms with van der Waals surface area (Å²) < 4.78 is 26.7. The van der Waals surface area contributed by atoms with E-state index in [4.69, 9.17) is 11.5 Å². The molecule has 2 rings (SSSR count). The molecule has 0 saturated carbocycles. The van der Waals surface area contributed by atoms with E-state index in [9.17, 15) is 8.78 Å². The summed E-state index contributed by atoms with van der Waals surface area (Å²) in [7, 11) is 0. The Morgan fingerprint density at radius 3 is 2.06 bits per heavy atom. The zero-order valence-corrected chi connectivity index (χ0v) is 8.37. The van der Waals surface area contributed by atoms with E-state index in [1.54, 1.807) is 24.3 Å². The first kappa shape index (κ1) is 10.4. The van der Waals surface area contributed by atoms with Gasteiger partial charge in [0.2, 0.25) is 0 Å². The maximum atomic E-state index is 13.5. The Kier molecular flexibility index (Phi) is 2.48. The molecule has 2 aromatic carbocycles. The van der Waals surface area contributed by atoms with Crippen molar-refractivity contribution in [2.24, 2.45) is 0 Å². The Balaban J connectivity index is 2.56. The second kappa shape index (κ2) is 3.81. The summed E-state index contributed by atoms with van der Waals surface area (Å²) in [5, 5.41) is 0. The summed E-state index contributed by atoms with van der Waals surface area (Å²) >= 11 is 0. The zero-order chi connectivity index (χ0) is 11.7. The van der Waals surface area contributed by atoms with Gasteiger partial charge in [0.25, 0.3) is 0 Å². The van der Waals surface area contributed by atoms with Gasteiger partial charge in [0, 0.05) is 17.3 Å². The van der Waals surface area contributed by atoms with Gasteiger partial charge in [-0.15, -0.1) is 0 Å². The van der Waals surface area contributed by atoms with Crippen molar-refractivity contribution in [3.05, 3.63) is 48.0 Å². The van der Waals surface area contributed by atoms with E-state index in [2.05, 4.69) is 0 Å². The molecule has 0 atom stereocenters. The van der Waals surface area contributed by atoms with Crippen LogP contribution in [-0.2, 0) is 0 Å². The lowest BCUT2D eigenvalue weighted by atomic mass is 10.0. The summed E-state index contributed by atoms with van der Waals surface area (Å²) in [5.41, 5.74) is 11.9. The van der Waals surface area contributed by atoms with Crippen molar-refractivity contribution in [2.45, 2.75) is 0 Å². The zero-order valence-electron chi connectivity index (χ0n) is 8.37. The van der Waals surface area contributed by atoms with E-state index < -0.39 is 11.6 Å². The largest absolute Gasteiger partial charge is 0.399 e. The molecule has 0 aliphatic rings. The van der Waals surface area contributed by atoms with Gasteiger partial charge in [-0.1, -0.05) is 12.1 Å². The van der Waals surface area contributed by atoms with Crippen molar-refractivity contribution >= 4 is 11.4 Å². The molecule has 82 valence electrons. The number of nitrogen functional groups attached to an aromatic ring is 2. The van der Waals surface area contributed by atoms with Crippen molar-refractivity contribution in [3.8, 4) is 11.1 Å². The molecular weight excluding hydrogens is 210 g/mol. The molecule has 0 aliphatic heterocycles. The first-order valence-corrected chi connectivity index (χ1v) is 4.68. The van der Waals surface area contributed by atoms with Crippen LogP contribution in [0.15, 0.2) is 36.4 Å². The van der Waals surface area contributed by atoms with Gasteiger partial charge < -0.3 is 11.5 Å². The van der Waals surface area contributed by atoms with E-state index in [1.807, 2.05) is 0 Å². The molecule has 16 heavy (non-hydrogen) atoms. The molecular formula is C12H10F2N2. The summed E-state index contributed by atoms with van der Waals surface area (Å²) in [4.78, 5) is 0. The fourth-order valence-corrected chi connectivity index (χ4v) is 1.45. The van der Waals surface area contributed by atoms with Crippen molar-refractivity contribution in [1.82, 2.24) is 0 Å². The minimum absolute atomic E-state index is 0.173. The molecule has 0 saturated heterocycles. The number of nitrogens with two attached hydrogens (primary N) is 2. The normalized spacial score (nSPS) is 10.4. The Hall–Kier alpha value is -2.10. The highest BCUT2D eigenvalue weighted by Crippen LogP contribution is 2.27. The number of anilines is 2. The first-order valence-electron chi connectivity index (χ1n) is 4.68. The highest BCUT2D eigenvalue weighted by molar-refractivity contribution is 5.68. The first-order chi connectivity index (χ1) is 7.58. The third-order valence-electron chi connectivity index (χ3n) is 2.31. The second-order valence-electron chi connectivity index (χ2n) is 3.48. The number of rotatable bonds is 1. The maximum absolute atomic E-state index is 13.5. The molecule has 0 spiro atoms. The summed E-state index contributed by atoms with van der Waals surface area (Å²) in [5.74, 6) is -1.18. The average Bonchev–Trinajstić information content (AvgIpc) is 2.25.